The number of sulfone groups is 1. The Bertz CT molecular complexity index is 1010. The van der Waals surface area contributed by atoms with Crippen LogP contribution < -0.4 is 10.2 Å². The molecule has 0 radical (unpaired) electrons. The zero-order chi connectivity index (χ0) is 20.5. The van der Waals surface area contributed by atoms with Crippen molar-refractivity contribution in [1.29, 1.82) is 0 Å². The lowest BCUT2D eigenvalue weighted by Gasteiger charge is -2.19. The van der Waals surface area contributed by atoms with Crippen LogP contribution in [0.15, 0.2) is 41.3 Å². The summed E-state index contributed by atoms with van der Waals surface area (Å²) < 4.78 is 50.0. The van der Waals surface area contributed by atoms with E-state index in [4.69, 9.17) is 11.6 Å². The van der Waals surface area contributed by atoms with Gasteiger partial charge in [-0.25, -0.2) is 17.2 Å². The van der Waals surface area contributed by atoms with E-state index in [0.717, 1.165) is 24.8 Å². The molecule has 0 spiro atoms. The number of hydrogen-bond acceptors (Lipinski definition) is 4. The van der Waals surface area contributed by atoms with Gasteiger partial charge >= 0.3 is 0 Å². The molecule has 0 bridgehead atoms. The van der Waals surface area contributed by atoms with Crippen molar-refractivity contribution in [3.05, 3.63) is 58.6 Å². The number of nitrogens with zero attached hydrogens (tertiary/aromatic N) is 1. The first kappa shape index (κ1) is 20.5. The summed E-state index contributed by atoms with van der Waals surface area (Å²) in [7, 11) is -3.54. The summed E-state index contributed by atoms with van der Waals surface area (Å²) in [6.07, 6.45) is 1.82. The average molecular weight is 429 g/mol. The van der Waals surface area contributed by atoms with Crippen molar-refractivity contribution in [1.82, 2.24) is 5.32 Å². The molecule has 1 unspecified atom stereocenters. The molecule has 3 rings (SSSR count). The highest BCUT2D eigenvalue weighted by Crippen LogP contribution is 2.25. The van der Waals surface area contributed by atoms with Crippen molar-refractivity contribution >= 4 is 33.0 Å². The van der Waals surface area contributed by atoms with Crippen molar-refractivity contribution < 1.29 is 22.0 Å². The van der Waals surface area contributed by atoms with Gasteiger partial charge in [-0.1, -0.05) is 11.6 Å². The molecule has 1 N–H and O–H groups in total. The second-order valence-electron chi connectivity index (χ2n) is 6.83. The summed E-state index contributed by atoms with van der Waals surface area (Å²) in [6, 6.07) is 7.90. The molecule has 9 heteroatoms. The number of amides is 1. The van der Waals surface area contributed by atoms with Crippen LogP contribution in [0.25, 0.3) is 0 Å². The number of hydrogen-bond donors (Lipinski definition) is 1. The van der Waals surface area contributed by atoms with Gasteiger partial charge in [0.2, 0.25) is 0 Å². The Morgan fingerprint density at radius 3 is 2.64 bits per heavy atom. The molecule has 1 amide bonds. The number of anilines is 1. The molecule has 0 aliphatic carbocycles. The summed E-state index contributed by atoms with van der Waals surface area (Å²) >= 11 is 5.89. The number of benzene rings is 2. The molecule has 1 atom stereocenters. The van der Waals surface area contributed by atoms with Gasteiger partial charge in [-0.2, -0.15) is 0 Å². The molecule has 1 heterocycles. The van der Waals surface area contributed by atoms with Crippen LogP contribution in [-0.2, 0) is 9.84 Å². The smallest absolute Gasteiger partial charge is 0.251 e. The predicted octanol–water partition coefficient (Wildman–Crippen LogP) is 3.28. The largest absolute Gasteiger partial charge is 0.371 e. The first-order chi connectivity index (χ1) is 13.1. The lowest BCUT2D eigenvalue weighted by atomic mass is 10.1. The molecular weight excluding hydrogens is 410 g/mol. The summed E-state index contributed by atoms with van der Waals surface area (Å²) in [5.74, 6) is -2.03. The van der Waals surface area contributed by atoms with E-state index in [1.807, 2.05) is 4.90 Å². The van der Waals surface area contributed by atoms with Gasteiger partial charge in [0.1, 0.15) is 0 Å². The highest BCUT2D eigenvalue weighted by atomic mass is 35.5. The summed E-state index contributed by atoms with van der Waals surface area (Å²) in [5.41, 5.74) is 0.809. The third-order valence-electron chi connectivity index (χ3n) is 4.70. The second kappa shape index (κ2) is 8.05. The maximum Gasteiger partial charge on any atom is 0.251 e. The van der Waals surface area contributed by atoms with Gasteiger partial charge in [0, 0.05) is 43.2 Å². The van der Waals surface area contributed by atoms with E-state index >= 15 is 0 Å². The van der Waals surface area contributed by atoms with Crippen molar-refractivity contribution in [2.24, 2.45) is 5.92 Å². The molecule has 2 aromatic carbocycles. The van der Waals surface area contributed by atoms with Gasteiger partial charge in [0.25, 0.3) is 5.91 Å². The molecule has 150 valence electrons. The number of nitrogens with one attached hydrogen (secondary N) is 1. The fourth-order valence-corrected chi connectivity index (χ4v) is 4.48. The van der Waals surface area contributed by atoms with E-state index in [-0.39, 0.29) is 21.4 Å². The molecule has 1 aliphatic heterocycles. The fourth-order valence-electron chi connectivity index (χ4n) is 3.18. The zero-order valence-corrected chi connectivity index (χ0v) is 16.7. The first-order valence-corrected chi connectivity index (χ1v) is 10.9. The van der Waals surface area contributed by atoms with Gasteiger partial charge in [0.05, 0.1) is 9.92 Å². The number of carbonyl (C=O) groups is 1. The molecule has 0 saturated carbocycles. The Labute approximate surface area is 167 Å². The maximum atomic E-state index is 13.4. The standard InChI is InChI=1S/C19H19ClF2N2O3S/c1-28(26,27)18-8-13(2-4-15(18)20)19(25)23-10-12-6-7-24(11-12)14-3-5-16(21)17(22)9-14/h2-5,8-9,12H,6-7,10-11H2,1H3,(H,23,25). The summed E-state index contributed by atoms with van der Waals surface area (Å²) in [5, 5.41) is 2.86. The van der Waals surface area contributed by atoms with E-state index in [1.54, 1.807) is 0 Å². The molecule has 2 aromatic rings. The van der Waals surface area contributed by atoms with Gasteiger partial charge < -0.3 is 10.2 Å². The summed E-state index contributed by atoms with van der Waals surface area (Å²) in [6.45, 7) is 1.65. The van der Waals surface area contributed by atoms with E-state index in [9.17, 15) is 22.0 Å². The van der Waals surface area contributed by atoms with Crippen LogP contribution in [0.2, 0.25) is 5.02 Å². The Morgan fingerprint density at radius 2 is 1.96 bits per heavy atom. The minimum atomic E-state index is -3.54. The molecule has 0 aromatic heterocycles. The monoisotopic (exact) mass is 428 g/mol. The van der Waals surface area contributed by atoms with Crippen molar-refractivity contribution in [2.75, 3.05) is 30.8 Å². The molecule has 28 heavy (non-hydrogen) atoms. The van der Waals surface area contributed by atoms with Gasteiger partial charge in [0.15, 0.2) is 21.5 Å². The molecule has 1 aliphatic rings. The van der Waals surface area contributed by atoms with Crippen molar-refractivity contribution in [3.63, 3.8) is 0 Å². The molecular formula is C19H19ClF2N2O3S. The van der Waals surface area contributed by atoms with E-state index in [0.29, 0.717) is 25.3 Å². The fraction of sp³-hybridized carbons (Fsp3) is 0.316. The van der Waals surface area contributed by atoms with Crippen LogP contribution in [0.3, 0.4) is 0 Å². The molecule has 1 saturated heterocycles. The summed E-state index contributed by atoms with van der Waals surface area (Å²) in [4.78, 5) is 14.2. The Hall–Kier alpha value is -2.19. The van der Waals surface area contributed by atoms with E-state index in [1.165, 1.54) is 24.3 Å². The minimum Gasteiger partial charge on any atom is -0.371 e. The van der Waals surface area contributed by atoms with Crippen LogP contribution in [0, 0.1) is 17.6 Å². The third kappa shape index (κ3) is 4.62. The lowest BCUT2D eigenvalue weighted by molar-refractivity contribution is 0.0948. The molecule has 5 nitrogen and oxygen atoms in total. The lowest BCUT2D eigenvalue weighted by Crippen LogP contribution is -2.31. The quantitative estimate of drug-likeness (QED) is 0.793. The highest BCUT2D eigenvalue weighted by molar-refractivity contribution is 7.90. The van der Waals surface area contributed by atoms with Crippen molar-refractivity contribution in [3.8, 4) is 0 Å². The Morgan fingerprint density at radius 1 is 1.21 bits per heavy atom. The SMILES string of the molecule is CS(=O)(=O)c1cc(C(=O)NCC2CCN(c3ccc(F)c(F)c3)C2)ccc1Cl. The van der Waals surface area contributed by atoms with Crippen LogP contribution in [0.1, 0.15) is 16.8 Å². The third-order valence-corrected chi connectivity index (χ3v) is 6.28. The van der Waals surface area contributed by atoms with Crippen molar-refractivity contribution in [2.45, 2.75) is 11.3 Å². The minimum absolute atomic E-state index is 0.0667. The highest BCUT2D eigenvalue weighted by Gasteiger charge is 2.24. The molecule has 1 fully saturated rings. The first-order valence-electron chi connectivity index (χ1n) is 8.63. The van der Waals surface area contributed by atoms with Gasteiger partial charge in [-0.3, -0.25) is 4.79 Å². The Kier molecular flexibility index (Phi) is 5.90. The van der Waals surface area contributed by atoms with Gasteiger partial charge in [-0.05, 0) is 42.7 Å². The second-order valence-corrected chi connectivity index (χ2v) is 9.22. The van der Waals surface area contributed by atoms with Crippen LogP contribution >= 0.6 is 11.6 Å². The maximum absolute atomic E-state index is 13.4. The Balaban J connectivity index is 1.61. The van der Waals surface area contributed by atoms with E-state index in [2.05, 4.69) is 5.32 Å². The van der Waals surface area contributed by atoms with Gasteiger partial charge in [-0.15, -0.1) is 0 Å². The number of halogens is 3. The van der Waals surface area contributed by atoms with E-state index < -0.39 is 27.4 Å². The van der Waals surface area contributed by atoms with Crippen LogP contribution in [0.4, 0.5) is 14.5 Å². The van der Waals surface area contributed by atoms with Crippen LogP contribution in [-0.4, -0.2) is 40.2 Å². The number of rotatable bonds is 5. The predicted molar refractivity (Wildman–Crippen MR) is 104 cm³/mol. The number of carbonyl (C=O) groups excluding carboxylic acids is 1. The topological polar surface area (TPSA) is 66.5 Å². The van der Waals surface area contributed by atoms with Crippen LogP contribution in [0.5, 0.6) is 0 Å². The zero-order valence-electron chi connectivity index (χ0n) is 15.1. The average Bonchev–Trinajstić information content (AvgIpc) is 3.10. The normalized spacial score (nSPS) is 17.0.